The number of benzene rings is 3. The monoisotopic (exact) mass is 352 g/mol. The predicted octanol–water partition coefficient (Wildman–Crippen LogP) is 7.63. The molecule has 1 heterocycles. The summed E-state index contributed by atoms with van der Waals surface area (Å²) in [5.74, 6) is 0. The molecule has 0 aliphatic heterocycles. The second kappa shape index (κ2) is 7.28. The van der Waals surface area contributed by atoms with Gasteiger partial charge in [0.25, 0.3) is 0 Å². The molecular formula is C26H24O. The summed E-state index contributed by atoms with van der Waals surface area (Å²) in [5.41, 5.74) is 8.20. The summed E-state index contributed by atoms with van der Waals surface area (Å²) in [7, 11) is 0. The number of aryl methyl sites for hydroxylation is 1. The smallest absolute Gasteiger partial charge is 0.138 e. The molecule has 3 aromatic carbocycles. The lowest BCUT2D eigenvalue weighted by Crippen LogP contribution is -1.87. The molecule has 0 spiro atoms. The molecular weight excluding hydrogens is 328 g/mol. The number of hydrogen-bond donors (Lipinski definition) is 0. The lowest BCUT2D eigenvalue weighted by molar-refractivity contribution is 0.664. The van der Waals surface area contributed by atoms with Crippen molar-refractivity contribution in [3.63, 3.8) is 0 Å². The SMILES string of the molecule is C/C=C\C(C)=C/Cc1cc(-c2cccc(C)c2)cc2c1oc1ccccc12. The van der Waals surface area contributed by atoms with Gasteiger partial charge in [0.1, 0.15) is 11.2 Å². The Bertz CT molecular complexity index is 1170. The summed E-state index contributed by atoms with van der Waals surface area (Å²) in [4.78, 5) is 0. The average molecular weight is 352 g/mol. The molecule has 0 fully saturated rings. The van der Waals surface area contributed by atoms with E-state index in [1.54, 1.807) is 0 Å². The number of allylic oxidation sites excluding steroid dienone is 4. The molecule has 27 heavy (non-hydrogen) atoms. The third kappa shape index (κ3) is 3.46. The van der Waals surface area contributed by atoms with Crippen LogP contribution in [0, 0.1) is 6.92 Å². The first-order valence-electron chi connectivity index (χ1n) is 9.46. The van der Waals surface area contributed by atoms with Gasteiger partial charge < -0.3 is 4.42 Å². The molecule has 0 aliphatic rings. The van der Waals surface area contributed by atoms with E-state index >= 15 is 0 Å². The van der Waals surface area contributed by atoms with Gasteiger partial charge in [-0.25, -0.2) is 0 Å². The molecule has 0 saturated heterocycles. The van der Waals surface area contributed by atoms with Gasteiger partial charge >= 0.3 is 0 Å². The second-order valence-corrected chi connectivity index (χ2v) is 7.13. The lowest BCUT2D eigenvalue weighted by atomic mass is 9.96. The van der Waals surface area contributed by atoms with E-state index in [4.69, 9.17) is 4.42 Å². The molecule has 0 saturated carbocycles. The number of furan rings is 1. The van der Waals surface area contributed by atoms with E-state index in [0.717, 1.165) is 17.6 Å². The van der Waals surface area contributed by atoms with Gasteiger partial charge in [0.05, 0.1) is 0 Å². The summed E-state index contributed by atoms with van der Waals surface area (Å²) in [6.07, 6.45) is 7.33. The molecule has 0 radical (unpaired) electrons. The van der Waals surface area contributed by atoms with Crippen LogP contribution in [0.25, 0.3) is 33.1 Å². The Kier molecular flexibility index (Phi) is 4.68. The summed E-state index contributed by atoms with van der Waals surface area (Å²) in [6.45, 7) is 6.33. The molecule has 0 bridgehead atoms. The van der Waals surface area contributed by atoms with Crippen molar-refractivity contribution in [1.29, 1.82) is 0 Å². The summed E-state index contributed by atoms with van der Waals surface area (Å²) < 4.78 is 6.24. The molecule has 0 N–H and O–H groups in total. The van der Waals surface area contributed by atoms with Crippen molar-refractivity contribution < 1.29 is 4.42 Å². The van der Waals surface area contributed by atoms with Gasteiger partial charge in [-0.15, -0.1) is 0 Å². The van der Waals surface area contributed by atoms with Crippen LogP contribution in [0.1, 0.15) is 25.0 Å². The zero-order chi connectivity index (χ0) is 18.8. The van der Waals surface area contributed by atoms with Crippen LogP contribution in [0.5, 0.6) is 0 Å². The number of fused-ring (bicyclic) bond motifs is 3. The highest BCUT2D eigenvalue weighted by Crippen LogP contribution is 2.35. The standard InChI is InChI=1S/C26H24O/c1-4-8-18(2)13-14-21-16-22(20-10-7-9-19(3)15-20)17-24-23-11-5-6-12-25(23)27-26(21)24/h4-13,15-17H,14H2,1-3H3/b8-4-,18-13-. The van der Waals surface area contributed by atoms with Crippen LogP contribution in [-0.4, -0.2) is 0 Å². The Hall–Kier alpha value is -3.06. The van der Waals surface area contributed by atoms with Crippen LogP contribution in [0.15, 0.2) is 88.9 Å². The molecule has 1 heteroatoms. The highest BCUT2D eigenvalue weighted by atomic mass is 16.3. The third-order valence-corrected chi connectivity index (χ3v) is 4.98. The lowest BCUT2D eigenvalue weighted by Gasteiger charge is -2.07. The Labute approximate surface area is 160 Å². The van der Waals surface area contributed by atoms with Crippen molar-refractivity contribution in [2.45, 2.75) is 27.2 Å². The first-order valence-corrected chi connectivity index (χ1v) is 9.46. The zero-order valence-corrected chi connectivity index (χ0v) is 16.1. The Balaban J connectivity index is 1.94. The highest BCUT2D eigenvalue weighted by molar-refractivity contribution is 6.07. The molecule has 1 nitrogen and oxygen atoms in total. The van der Waals surface area contributed by atoms with Crippen molar-refractivity contribution in [2.24, 2.45) is 0 Å². The summed E-state index contributed by atoms with van der Waals surface area (Å²) in [5, 5.41) is 2.37. The maximum absolute atomic E-state index is 6.24. The van der Waals surface area contributed by atoms with Crippen molar-refractivity contribution >= 4 is 21.9 Å². The van der Waals surface area contributed by atoms with E-state index in [1.807, 2.05) is 19.1 Å². The fourth-order valence-electron chi connectivity index (χ4n) is 3.64. The first-order chi connectivity index (χ1) is 13.2. The highest BCUT2D eigenvalue weighted by Gasteiger charge is 2.13. The van der Waals surface area contributed by atoms with Crippen molar-refractivity contribution in [2.75, 3.05) is 0 Å². The van der Waals surface area contributed by atoms with E-state index in [-0.39, 0.29) is 0 Å². The molecule has 0 atom stereocenters. The molecule has 0 unspecified atom stereocenters. The Morgan fingerprint density at radius 1 is 0.926 bits per heavy atom. The maximum atomic E-state index is 6.24. The fourth-order valence-corrected chi connectivity index (χ4v) is 3.64. The summed E-state index contributed by atoms with van der Waals surface area (Å²) in [6, 6.07) is 21.5. The Morgan fingerprint density at radius 3 is 2.59 bits per heavy atom. The van der Waals surface area contributed by atoms with Gasteiger partial charge in [0.2, 0.25) is 0 Å². The second-order valence-electron chi connectivity index (χ2n) is 7.13. The molecule has 0 aliphatic carbocycles. The van der Waals surface area contributed by atoms with E-state index in [2.05, 4.69) is 80.6 Å². The molecule has 134 valence electrons. The fraction of sp³-hybridized carbons (Fsp3) is 0.154. The van der Waals surface area contributed by atoms with Crippen LogP contribution in [-0.2, 0) is 6.42 Å². The molecule has 4 rings (SSSR count). The van der Waals surface area contributed by atoms with Crippen LogP contribution in [0.2, 0.25) is 0 Å². The van der Waals surface area contributed by atoms with Crippen LogP contribution in [0.3, 0.4) is 0 Å². The Morgan fingerprint density at radius 2 is 1.78 bits per heavy atom. The largest absolute Gasteiger partial charge is 0.456 e. The van der Waals surface area contributed by atoms with Gasteiger partial charge in [-0.2, -0.15) is 0 Å². The first kappa shape index (κ1) is 17.4. The molecule has 1 aromatic heterocycles. The quantitative estimate of drug-likeness (QED) is 0.344. The summed E-state index contributed by atoms with van der Waals surface area (Å²) >= 11 is 0. The minimum Gasteiger partial charge on any atom is -0.456 e. The predicted molar refractivity (Wildman–Crippen MR) is 116 cm³/mol. The number of rotatable bonds is 4. The van der Waals surface area contributed by atoms with E-state index < -0.39 is 0 Å². The minimum absolute atomic E-state index is 0.853. The maximum Gasteiger partial charge on any atom is 0.138 e. The van der Waals surface area contributed by atoms with E-state index in [1.165, 1.54) is 38.6 Å². The van der Waals surface area contributed by atoms with E-state index in [0.29, 0.717) is 0 Å². The normalized spacial score (nSPS) is 12.5. The molecule has 4 aromatic rings. The third-order valence-electron chi connectivity index (χ3n) is 4.98. The van der Waals surface area contributed by atoms with E-state index in [9.17, 15) is 0 Å². The number of para-hydroxylation sites is 1. The van der Waals surface area contributed by atoms with Gasteiger partial charge in [-0.3, -0.25) is 0 Å². The minimum atomic E-state index is 0.853. The van der Waals surface area contributed by atoms with Gasteiger partial charge in [-0.1, -0.05) is 71.8 Å². The zero-order valence-electron chi connectivity index (χ0n) is 16.1. The van der Waals surface area contributed by atoms with Crippen LogP contribution in [0.4, 0.5) is 0 Å². The molecule has 0 amide bonds. The van der Waals surface area contributed by atoms with Gasteiger partial charge in [0, 0.05) is 10.8 Å². The number of hydrogen-bond acceptors (Lipinski definition) is 1. The van der Waals surface area contributed by atoms with Gasteiger partial charge in [0.15, 0.2) is 0 Å². The van der Waals surface area contributed by atoms with Crippen molar-refractivity contribution in [3.05, 3.63) is 95.6 Å². The average Bonchev–Trinajstić information content (AvgIpc) is 3.05. The van der Waals surface area contributed by atoms with Crippen molar-refractivity contribution in [1.82, 2.24) is 0 Å². The van der Waals surface area contributed by atoms with Crippen molar-refractivity contribution in [3.8, 4) is 11.1 Å². The topological polar surface area (TPSA) is 13.1 Å². The van der Waals surface area contributed by atoms with Crippen LogP contribution < -0.4 is 0 Å². The van der Waals surface area contributed by atoms with Crippen LogP contribution >= 0.6 is 0 Å². The van der Waals surface area contributed by atoms with Gasteiger partial charge in [-0.05, 0) is 62.1 Å².